The number of ether oxygens (including phenoxy) is 1. The molecule has 0 aliphatic heterocycles. The molecule has 2 heterocycles. The van der Waals surface area contributed by atoms with Crippen molar-refractivity contribution in [3.05, 3.63) is 42.6 Å². The molecular weight excluding hydrogens is 304 g/mol. The van der Waals surface area contributed by atoms with Gasteiger partial charge in [0.1, 0.15) is 11.6 Å². The third-order valence-corrected chi connectivity index (χ3v) is 3.89. The normalized spacial score (nSPS) is 10.6. The Morgan fingerprint density at radius 1 is 1.29 bits per heavy atom. The van der Waals surface area contributed by atoms with E-state index in [1.54, 1.807) is 13.3 Å². The summed E-state index contributed by atoms with van der Waals surface area (Å²) in [6.45, 7) is 2.43. The van der Waals surface area contributed by atoms with Crippen molar-refractivity contribution in [3.63, 3.8) is 0 Å². The van der Waals surface area contributed by atoms with Crippen LogP contribution in [0.5, 0.6) is 5.75 Å². The number of benzene rings is 1. The van der Waals surface area contributed by atoms with E-state index in [0.717, 1.165) is 27.9 Å². The Hall–Kier alpha value is -3.02. The standard InChI is InChI=1S/C18H20N4O2/c1-4-19-18(23)21-17-10-12-9-14(22(2)15(12)11-20-17)13-7-5-6-8-16(13)24-3/h5-11H,4H2,1-3H3,(H2,19,20,21,23). The zero-order valence-electron chi connectivity index (χ0n) is 14.0. The van der Waals surface area contributed by atoms with Crippen LogP contribution in [0.2, 0.25) is 0 Å². The number of hydrogen-bond donors (Lipinski definition) is 2. The monoisotopic (exact) mass is 324 g/mol. The lowest BCUT2D eigenvalue weighted by atomic mass is 10.1. The van der Waals surface area contributed by atoms with E-state index in [-0.39, 0.29) is 6.03 Å². The topological polar surface area (TPSA) is 68.2 Å². The molecule has 124 valence electrons. The number of pyridine rings is 1. The van der Waals surface area contributed by atoms with Crippen LogP contribution in [-0.4, -0.2) is 29.2 Å². The summed E-state index contributed by atoms with van der Waals surface area (Å²) in [4.78, 5) is 16.0. The van der Waals surface area contributed by atoms with Crippen molar-refractivity contribution in [2.75, 3.05) is 19.0 Å². The van der Waals surface area contributed by atoms with E-state index < -0.39 is 0 Å². The number of rotatable bonds is 4. The Labute approximate surface area is 140 Å². The summed E-state index contributed by atoms with van der Waals surface area (Å²) in [6, 6.07) is 11.6. The van der Waals surface area contributed by atoms with Crippen LogP contribution < -0.4 is 15.4 Å². The Balaban J connectivity index is 2.02. The fraction of sp³-hybridized carbons (Fsp3) is 0.222. The van der Waals surface area contributed by atoms with E-state index in [2.05, 4.69) is 26.3 Å². The van der Waals surface area contributed by atoms with E-state index >= 15 is 0 Å². The van der Waals surface area contributed by atoms with Crippen LogP contribution in [0.3, 0.4) is 0 Å². The van der Waals surface area contributed by atoms with Crippen LogP contribution >= 0.6 is 0 Å². The number of carbonyl (C=O) groups excluding carboxylic acids is 1. The van der Waals surface area contributed by atoms with E-state index in [4.69, 9.17) is 4.74 Å². The first kappa shape index (κ1) is 15.9. The molecule has 2 amide bonds. The zero-order valence-corrected chi connectivity index (χ0v) is 14.0. The number of para-hydroxylation sites is 1. The number of urea groups is 1. The first-order valence-electron chi connectivity index (χ1n) is 7.77. The number of amides is 2. The Kier molecular flexibility index (Phi) is 4.37. The third-order valence-electron chi connectivity index (χ3n) is 3.89. The molecule has 0 unspecified atom stereocenters. The van der Waals surface area contributed by atoms with Crippen LogP contribution in [0.4, 0.5) is 10.6 Å². The number of hydrogen-bond acceptors (Lipinski definition) is 3. The van der Waals surface area contributed by atoms with E-state index in [9.17, 15) is 4.79 Å². The van der Waals surface area contributed by atoms with Gasteiger partial charge in [-0.3, -0.25) is 5.32 Å². The summed E-state index contributed by atoms with van der Waals surface area (Å²) in [5, 5.41) is 6.42. The number of fused-ring (bicyclic) bond motifs is 1. The molecule has 2 N–H and O–H groups in total. The maximum atomic E-state index is 11.6. The number of anilines is 1. The summed E-state index contributed by atoms with van der Waals surface area (Å²) in [5.74, 6) is 1.34. The van der Waals surface area contributed by atoms with Gasteiger partial charge < -0.3 is 14.6 Å². The van der Waals surface area contributed by atoms with Gasteiger partial charge in [0.05, 0.1) is 24.5 Å². The van der Waals surface area contributed by atoms with Crippen LogP contribution in [0, 0.1) is 0 Å². The second-order valence-electron chi connectivity index (χ2n) is 5.40. The van der Waals surface area contributed by atoms with Crippen LogP contribution in [-0.2, 0) is 7.05 Å². The van der Waals surface area contributed by atoms with Crippen molar-refractivity contribution < 1.29 is 9.53 Å². The lowest BCUT2D eigenvalue weighted by Gasteiger charge is -2.09. The minimum atomic E-state index is -0.259. The van der Waals surface area contributed by atoms with Crippen LogP contribution in [0.25, 0.3) is 22.2 Å². The lowest BCUT2D eigenvalue weighted by molar-refractivity contribution is 0.252. The number of nitrogens with one attached hydrogen (secondary N) is 2. The lowest BCUT2D eigenvalue weighted by Crippen LogP contribution is -2.28. The minimum absolute atomic E-state index is 0.259. The molecule has 6 heteroatoms. The van der Waals surface area contributed by atoms with Gasteiger partial charge in [-0.25, -0.2) is 9.78 Å². The van der Waals surface area contributed by atoms with Gasteiger partial charge in [-0.15, -0.1) is 0 Å². The largest absolute Gasteiger partial charge is 0.496 e. The Morgan fingerprint density at radius 3 is 2.83 bits per heavy atom. The summed E-state index contributed by atoms with van der Waals surface area (Å²) < 4.78 is 7.53. The highest BCUT2D eigenvalue weighted by molar-refractivity contribution is 5.93. The molecule has 0 spiro atoms. The molecule has 1 aromatic carbocycles. The van der Waals surface area contributed by atoms with Crippen LogP contribution in [0.1, 0.15) is 6.92 Å². The molecule has 0 bridgehead atoms. The molecule has 0 aliphatic carbocycles. The summed E-state index contributed by atoms with van der Waals surface area (Å²) in [5.41, 5.74) is 3.02. The third kappa shape index (κ3) is 2.90. The molecule has 6 nitrogen and oxygen atoms in total. The molecule has 0 radical (unpaired) electrons. The van der Waals surface area contributed by atoms with Gasteiger partial charge in [-0.05, 0) is 31.2 Å². The molecule has 3 aromatic rings. The summed E-state index contributed by atoms with van der Waals surface area (Å²) in [6.07, 6.45) is 1.76. The highest BCUT2D eigenvalue weighted by atomic mass is 16.5. The highest BCUT2D eigenvalue weighted by Gasteiger charge is 2.13. The number of methoxy groups -OCH3 is 1. The van der Waals surface area contributed by atoms with Crippen molar-refractivity contribution in [1.29, 1.82) is 0 Å². The minimum Gasteiger partial charge on any atom is -0.496 e. The van der Waals surface area contributed by atoms with Crippen molar-refractivity contribution in [2.24, 2.45) is 7.05 Å². The molecule has 0 atom stereocenters. The van der Waals surface area contributed by atoms with Gasteiger partial charge >= 0.3 is 6.03 Å². The summed E-state index contributed by atoms with van der Waals surface area (Å²) in [7, 11) is 3.65. The molecule has 0 saturated heterocycles. The van der Waals surface area contributed by atoms with Gasteiger partial charge in [0.15, 0.2) is 0 Å². The van der Waals surface area contributed by atoms with Gasteiger partial charge in [0.2, 0.25) is 0 Å². The zero-order chi connectivity index (χ0) is 17.1. The van der Waals surface area contributed by atoms with Gasteiger partial charge in [0.25, 0.3) is 0 Å². The maximum absolute atomic E-state index is 11.6. The quantitative estimate of drug-likeness (QED) is 0.773. The Morgan fingerprint density at radius 2 is 2.08 bits per heavy atom. The predicted molar refractivity (Wildman–Crippen MR) is 95.4 cm³/mol. The maximum Gasteiger partial charge on any atom is 0.320 e. The molecule has 0 fully saturated rings. The summed E-state index contributed by atoms with van der Waals surface area (Å²) >= 11 is 0. The fourth-order valence-corrected chi connectivity index (χ4v) is 2.74. The first-order chi connectivity index (χ1) is 11.6. The highest BCUT2D eigenvalue weighted by Crippen LogP contribution is 2.33. The SMILES string of the molecule is CCNC(=O)Nc1cc2cc(-c3ccccc3OC)n(C)c2cn1. The average molecular weight is 324 g/mol. The van der Waals surface area contributed by atoms with Crippen molar-refractivity contribution in [1.82, 2.24) is 14.9 Å². The van der Waals surface area contributed by atoms with Crippen LogP contribution in [0.15, 0.2) is 42.6 Å². The molecule has 0 saturated carbocycles. The average Bonchev–Trinajstić information content (AvgIpc) is 2.91. The number of aryl methyl sites for hydroxylation is 1. The van der Waals surface area contributed by atoms with Gasteiger partial charge in [-0.2, -0.15) is 0 Å². The number of carbonyl (C=O) groups is 1. The van der Waals surface area contributed by atoms with E-state index in [0.29, 0.717) is 12.4 Å². The molecule has 24 heavy (non-hydrogen) atoms. The molecule has 0 aliphatic rings. The molecule has 2 aromatic heterocycles. The van der Waals surface area contributed by atoms with Crippen molar-refractivity contribution in [3.8, 4) is 17.0 Å². The smallest absolute Gasteiger partial charge is 0.320 e. The number of nitrogens with zero attached hydrogens (tertiary/aromatic N) is 2. The van der Waals surface area contributed by atoms with Crippen molar-refractivity contribution >= 4 is 22.8 Å². The molecular formula is C18H20N4O2. The fourth-order valence-electron chi connectivity index (χ4n) is 2.74. The number of aromatic nitrogens is 2. The van der Waals surface area contributed by atoms with E-state index in [1.165, 1.54) is 0 Å². The Bertz CT molecular complexity index is 886. The van der Waals surface area contributed by atoms with Gasteiger partial charge in [-0.1, -0.05) is 12.1 Å². The first-order valence-corrected chi connectivity index (χ1v) is 7.77. The second-order valence-corrected chi connectivity index (χ2v) is 5.40. The van der Waals surface area contributed by atoms with Crippen molar-refractivity contribution in [2.45, 2.75) is 6.92 Å². The van der Waals surface area contributed by atoms with E-state index in [1.807, 2.05) is 44.3 Å². The second kappa shape index (κ2) is 6.62. The van der Waals surface area contributed by atoms with Gasteiger partial charge in [0, 0.05) is 24.5 Å². The predicted octanol–water partition coefficient (Wildman–Crippen LogP) is 3.39. The molecule has 3 rings (SSSR count).